The highest BCUT2D eigenvalue weighted by atomic mass is 35.5. The van der Waals surface area contributed by atoms with Crippen molar-refractivity contribution in [3.63, 3.8) is 0 Å². The lowest BCUT2D eigenvalue weighted by Crippen LogP contribution is -2.12. The lowest BCUT2D eigenvalue weighted by Gasteiger charge is -2.14. The Bertz CT molecular complexity index is 970. The van der Waals surface area contributed by atoms with Crippen LogP contribution < -0.4 is 10.2 Å². The number of carbonyl (C=O) groups excluding carboxylic acids is 1. The molecule has 1 aromatic heterocycles. The van der Waals surface area contributed by atoms with Gasteiger partial charge in [0.2, 0.25) is 0 Å². The van der Waals surface area contributed by atoms with Crippen molar-refractivity contribution in [2.24, 2.45) is 0 Å². The Balaban J connectivity index is 1.91. The molecule has 1 N–H and O–H groups in total. The summed E-state index contributed by atoms with van der Waals surface area (Å²) in [5.74, 6) is 0.658. The van der Waals surface area contributed by atoms with Crippen LogP contribution in [0.2, 0.25) is 10.0 Å². The first-order valence-electron chi connectivity index (χ1n) is 7.70. The molecular formula is C19H17Cl2N3O. The van der Waals surface area contributed by atoms with Gasteiger partial charge in [0.15, 0.2) is 0 Å². The van der Waals surface area contributed by atoms with Crippen LogP contribution in [0.1, 0.15) is 15.9 Å². The first kappa shape index (κ1) is 17.5. The standard InChI is InChI=1S/C19H17Cl2N3O/c1-11-8-18(24(2)3)23-17-7-5-13(10-14(11)17)22-19(25)12-4-6-15(20)16(21)9-12/h4-10H,1-3H3,(H,22,25). The van der Waals surface area contributed by atoms with E-state index in [0.717, 1.165) is 22.3 Å². The second-order valence-electron chi connectivity index (χ2n) is 6.01. The Morgan fingerprint density at radius 3 is 2.48 bits per heavy atom. The normalized spacial score (nSPS) is 10.8. The molecule has 0 aliphatic carbocycles. The maximum absolute atomic E-state index is 12.4. The van der Waals surface area contributed by atoms with Gasteiger partial charge in [0.25, 0.3) is 5.91 Å². The van der Waals surface area contributed by atoms with E-state index >= 15 is 0 Å². The smallest absolute Gasteiger partial charge is 0.255 e. The van der Waals surface area contributed by atoms with Crippen molar-refractivity contribution in [3.05, 3.63) is 63.6 Å². The molecule has 6 heteroatoms. The highest BCUT2D eigenvalue weighted by Crippen LogP contribution is 2.26. The summed E-state index contributed by atoms with van der Waals surface area (Å²) in [5.41, 5.74) is 3.13. The molecule has 3 aromatic rings. The van der Waals surface area contributed by atoms with Gasteiger partial charge in [0, 0.05) is 30.7 Å². The van der Waals surface area contributed by atoms with Gasteiger partial charge in [-0.05, 0) is 55.0 Å². The molecule has 0 spiro atoms. The summed E-state index contributed by atoms with van der Waals surface area (Å²) < 4.78 is 0. The van der Waals surface area contributed by atoms with E-state index in [4.69, 9.17) is 23.2 Å². The molecule has 0 aliphatic heterocycles. The van der Waals surface area contributed by atoms with Crippen LogP contribution in [-0.4, -0.2) is 25.0 Å². The van der Waals surface area contributed by atoms with Gasteiger partial charge >= 0.3 is 0 Å². The average molecular weight is 374 g/mol. The van der Waals surface area contributed by atoms with Crippen LogP contribution in [0.4, 0.5) is 11.5 Å². The van der Waals surface area contributed by atoms with Crippen molar-refractivity contribution < 1.29 is 4.79 Å². The number of nitrogens with zero attached hydrogens (tertiary/aromatic N) is 2. The SMILES string of the molecule is Cc1cc(N(C)C)nc2ccc(NC(=O)c3ccc(Cl)c(Cl)c3)cc12. The van der Waals surface area contributed by atoms with Crippen molar-refractivity contribution in [1.29, 1.82) is 0 Å². The number of carbonyl (C=O) groups is 1. The zero-order valence-corrected chi connectivity index (χ0v) is 15.6. The average Bonchev–Trinajstić information content (AvgIpc) is 2.57. The van der Waals surface area contributed by atoms with E-state index in [1.54, 1.807) is 18.2 Å². The Morgan fingerprint density at radius 1 is 1.04 bits per heavy atom. The van der Waals surface area contributed by atoms with E-state index in [-0.39, 0.29) is 5.91 Å². The summed E-state index contributed by atoms with van der Waals surface area (Å²) in [5, 5.41) is 4.65. The Hall–Kier alpha value is -2.30. The molecule has 25 heavy (non-hydrogen) atoms. The summed E-state index contributed by atoms with van der Waals surface area (Å²) in [6.45, 7) is 2.03. The number of pyridine rings is 1. The van der Waals surface area contributed by atoms with Gasteiger partial charge in [0.05, 0.1) is 15.6 Å². The number of fused-ring (bicyclic) bond motifs is 1. The van der Waals surface area contributed by atoms with Crippen molar-refractivity contribution in [3.8, 4) is 0 Å². The van der Waals surface area contributed by atoms with Crippen LogP contribution in [-0.2, 0) is 0 Å². The maximum Gasteiger partial charge on any atom is 0.255 e. The minimum Gasteiger partial charge on any atom is -0.363 e. The number of aryl methyl sites for hydroxylation is 1. The molecular weight excluding hydrogens is 357 g/mol. The molecule has 0 radical (unpaired) electrons. The van der Waals surface area contributed by atoms with Crippen LogP contribution in [0.25, 0.3) is 10.9 Å². The van der Waals surface area contributed by atoms with Gasteiger partial charge in [-0.25, -0.2) is 4.98 Å². The first-order valence-corrected chi connectivity index (χ1v) is 8.46. The molecule has 3 rings (SSSR count). The van der Waals surface area contributed by atoms with Crippen molar-refractivity contribution in [2.45, 2.75) is 6.92 Å². The van der Waals surface area contributed by atoms with Crippen molar-refractivity contribution in [2.75, 3.05) is 24.3 Å². The fourth-order valence-corrected chi connectivity index (χ4v) is 2.82. The third-order valence-corrected chi connectivity index (χ3v) is 4.64. The lowest BCUT2D eigenvalue weighted by molar-refractivity contribution is 0.102. The van der Waals surface area contributed by atoms with E-state index in [2.05, 4.69) is 10.3 Å². The van der Waals surface area contributed by atoms with Crippen LogP contribution in [0.3, 0.4) is 0 Å². The maximum atomic E-state index is 12.4. The van der Waals surface area contributed by atoms with Gasteiger partial charge in [-0.1, -0.05) is 23.2 Å². The fourth-order valence-electron chi connectivity index (χ4n) is 2.52. The fraction of sp³-hybridized carbons (Fsp3) is 0.158. The molecule has 0 atom stereocenters. The third kappa shape index (κ3) is 3.70. The number of rotatable bonds is 3. The van der Waals surface area contributed by atoms with Crippen molar-refractivity contribution >= 4 is 51.5 Å². The second kappa shape index (κ2) is 6.90. The van der Waals surface area contributed by atoms with E-state index in [9.17, 15) is 4.79 Å². The van der Waals surface area contributed by atoms with E-state index in [0.29, 0.717) is 21.3 Å². The number of anilines is 2. The van der Waals surface area contributed by atoms with Gasteiger partial charge < -0.3 is 10.2 Å². The van der Waals surface area contributed by atoms with Gasteiger partial charge in [-0.15, -0.1) is 0 Å². The van der Waals surface area contributed by atoms with E-state index < -0.39 is 0 Å². The zero-order valence-electron chi connectivity index (χ0n) is 14.1. The zero-order chi connectivity index (χ0) is 18.1. The minimum absolute atomic E-state index is 0.242. The summed E-state index contributed by atoms with van der Waals surface area (Å²) in [6, 6.07) is 12.5. The quantitative estimate of drug-likeness (QED) is 0.688. The molecule has 2 aromatic carbocycles. The molecule has 1 heterocycles. The third-order valence-electron chi connectivity index (χ3n) is 3.90. The number of hydrogen-bond acceptors (Lipinski definition) is 3. The number of hydrogen-bond donors (Lipinski definition) is 1. The molecule has 0 saturated heterocycles. The summed E-state index contributed by atoms with van der Waals surface area (Å²) in [7, 11) is 3.92. The highest BCUT2D eigenvalue weighted by molar-refractivity contribution is 6.42. The molecule has 0 bridgehead atoms. The van der Waals surface area contributed by atoms with Crippen LogP contribution in [0, 0.1) is 6.92 Å². The molecule has 0 saturated carbocycles. The number of benzene rings is 2. The summed E-state index contributed by atoms with van der Waals surface area (Å²) in [6.07, 6.45) is 0. The molecule has 0 fully saturated rings. The van der Waals surface area contributed by atoms with Gasteiger partial charge in [-0.3, -0.25) is 4.79 Å². The highest BCUT2D eigenvalue weighted by Gasteiger charge is 2.10. The minimum atomic E-state index is -0.242. The number of aromatic nitrogens is 1. The first-order chi connectivity index (χ1) is 11.8. The second-order valence-corrected chi connectivity index (χ2v) is 6.82. The summed E-state index contributed by atoms with van der Waals surface area (Å²) in [4.78, 5) is 19.0. The lowest BCUT2D eigenvalue weighted by atomic mass is 10.1. The number of amides is 1. The largest absolute Gasteiger partial charge is 0.363 e. The van der Waals surface area contributed by atoms with Gasteiger partial charge in [-0.2, -0.15) is 0 Å². The Morgan fingerprint density at radius 2 is 1.80 bits per heavy atom. The van der Waals surface area contributed by atoms with E-state index in [1.165, 1.54) is 0 Å². The molecule has 1 amide bonds. The molecule has 0 aliphatic rings. The molecule has 4 nitrogen and oxygen atoms in total. The monoisotopic (exact) mass is 373 g/mol. The van der Waals surface area contributed by atoms with E-state index in [1.807, 2.05) is 50.2 Å². The van der Waals surface area contributed by atoms with Crippen LogP contribution >= 0.6 is 23.2 Å². The Kier molecular flexibility index (Phi) is 4.84. The Labute approximate surface area is 156 Å². The van der Waals surface area contributed by atoms with Crippen LogP contribution in [0.15, 0.2) is 42.5 Å². The van der Waals surface area contributed by atoms with Crippen LogP contribution in [0.5, 0.6) is 0 Å². The van der Waals surface area contributed by atoms with Gasteiger partial charge in [0.1, 0.15) is 5.82 Å². The molecule has 0 unspecified atom stereocenters. The molecule has 128 valence electrons. The van der Waals surface area contributed by atoms with Crippen molar-refractivity contribution in [1.82, 2.24) is 4.98 Å². The number of halogens is 2. The predicted octanol–water partition coefficient (Wildman–Crippen LogP) is 5.17. The number of nitrogens with one attached hydrogen (secondary N) is 1. The predicted molar refractivity (Wildman–Crippen MR) is 105 cm³/mol. The summed E-state index contributed by atoms with van der Waals surface area (Å²) >= 11 is 11.9. The topological polar surface area (TPSA) is 45.2 Å².